The number of allylic oxidation sites excluding steroid dienone is 10. The maximum absolute atomic E-state index is 13.1. The minimum Gasteiger partial charge on any atom is -0.479 e. The van der Waals surface area contributed by atoms with Gasteiger partial charge in [-0.1, -0.05) is 236 Å². The highest BCUT2D eigenvalue weighted by Crippen LogP contribution is 2.27. The fraction of sp³-hybridized carbons (Fsp3) is 0.785. The molecule has 12 heteroatoms. The highest BCUT2D eigenvalue weighted by molar-refractivity contribution is 5.74. The molecule has 1 fully saturated rings. The molecule has 0 saturated carbocycles. The lowest BCUT2D eigenvalue weighted by atomic mass is 9.98. The van der Waals surface area contributed by atoms with E-state index in [0.717, 1.165) is 89.9 Å². The van der Waals surface area contributed by atoms with Crippen molar-refractivity contribution in [2.75, 3.05) is 13.2 Å². The Balaban J connectivity index is 2.69. The monoisotopic (exact) mass is 1080 g/mol. The van der Waals surface area contributed by atoms with Gasteiger partial charge in [-0.05, 0) is 83.5 Å². The van der Waals surface area contributed by atoms with Gasteiger partial charge >= 0.3 is 23.9 Å². The lowest BCUT2D eigenvalue weighted by molar-refractivity contribution is -0.301. The Morgan fingerprint density at radius 1 is 0.442 bits per heavy atom. The zero-order valence-corrected chi connectivity index (χ0v) is 49.0. The Morgan fingerprint density at radius 2 is 0.818 bits per heavy atom. The van der Waals surface area contributed by atoms with Crippen LogP contribution < -0.4 is 0 Å². The minimum absolute atomic E-state index is 0.0579. The van der Waals surface area contributed by atoms with Crippen LogP contribution >= 0.6 is 0 Å². The second-order valence-corrected chi connectivity index (χ2v) is 21.3. The molecule has 0 aromatic heterocycles. The van der Waals surface area contributed by atoms with Gasteiger partial charge in [0.05, 0.1) is 6.61 Å². The van der Waals surface area contributed by atoms with Crippen molar-refractivity contribution in [3.63, 3.8) is 0 Å². The van der Waals surface area contributed by atoms with Gasteiger partial charge in [-0.2, -0.15) is 0 Å². The molecule has 0 amide bonds. The predicted octanol–water partition coefficient (Wildman–Crippen LogP) is 16.3. The number of carboxylic acid groups (broad SMARTS) is 1. The summed E-state index contributed by atoms with van der Waals surface area (Å²) in [5.74, 6) is -3.16. The molecule has 6 unspecified atom stereocenters. The van der Waals surface area contributed by atoms with Gasteiger partial charge in [-0.3, -0.25) is 14.4 Å². The molecule has 77 heavy (non-hydrogen) atoms. The molecule has 1 saturated heterocycles. The standard InChI is InChI=1S/C65H112O12/c1-4-7-10-13-16-19-22-25-28-29-32-33-36-39-42-45-48-51-57(66)73-54-56(75-58(67)52-49-46-43-40-37-34-30-26-23-20-17-14-11-8-5-2)55-74-65-63(61(70)60(69)62(77-65)64(71)72)76-59(68)53-50-47-44-41-38-35-31-27-24-21-18-15-12-9-6-3/h8,11,17,20,25-26,28,30,37,40,56,60-63,65,69-70H,4-7,9-10,12-16,18-19,21-24,27,29,31-36,38-39,41-55H2,1-3H3,(H,71,72)/b11-8-,20-17-,28-25-,30-26-,40-37-. The fourth-order valence-electron chi connectivity index (χ4n) is 9.30. The quantitative estimate of drug-likeness (QED) is 0.0228. The van der Waals surface area contributed by atoms with Crippen molar-refractivity contribution in [1.29, 1.82) is 0 Å². The summed E-state index contributed by atoms with van der Waals surface area (Å²) in [6.45, 7) is 5.86. The summed E-state index contributed by atoms with van der Waals surface area (Å²) in [7, 11) is 0. The number of unbranched alkanes of at least 4 members (excludes halogenated alkanes) is 29. The van der Waals surface area contributed by atoms with E-state index in [-0.39, 0.29) is 25.9 Å². The normalized spacial score (nSPS) is 18.4. The molecule has 0 aromatic carbocycles. The first-order valence-corrected chi connectivity index (χ1v) is 31.3. The summed E-state index contributed by atoms with van der Waals surface area (Å²) in [6, 6.07) is 0. The van der Waals surface area contributed by atoms with E-state index < -0.39 is 67.3 Å². The van der Waals surface area contributed by atoms with Gasteiger partial charge in [-0.15, -0.1) is 0 Å². The van der Waals surface area contributed by atoms with E-state index in [0.29, 0.717) is 19.3 Å². The first-order valence-electron chi connectivity index (χ1n) is 31.3. The molecule has 3 N–H and O–H groups in total. The van der Waals surface area contributed by atoms with Gasteiger partial charge in [0.1, 0.15) is 18.8 Å². The largest absolute Gasteiger partial charge is 0.479 e. The second kappa shape index (κ2) is 53.1. The van der Waals surface area contributed by atoms with Crippen LogP contribution in [-0.2, 0) is 42.9 Å². The number of rotatable bonds is 53. The SMILES string of the molecule is CC/C=C\C/C=C\C/C=C\C/C=C\CCCCC(=O)OC(COC(=O)CCCCCCCCC/C=C\CCCCCCCC)COC1OC(C(=O)O)C(O)C(O)C1OC(=O)CCCCCCCCCCCCCCCCC. The van der Waals surface area contributed by atoms with E-state index in [1.54, 1.807) is 0 Å². The molecule has 1 rings (SSSR count). The third kappa shape index (κ3) is 43.0. The van der Waals surface area contributed by atoms with Gasteiger partial charge < -0.3 is 39.0 Å². The molecule has 444 valence electrons. The van der Waals surface area contributed by atoms with E-state index in [9.17, 15) is 34.5 Å². The van der Waals surface area contributed by atoms with Crippen LogP contribution in [-0.4, -0.2) is 89.2 Å². The highest BCUT2D eigenvalue weighted by atomic mass is 16.7. The molecule has 0 aliphatic carbocycles. The third-order valence-corrected chi connectivity index (χ3v) is 14.1. The number of aliphatic hydroxyl groups is 2. The van der Waals surface area contributed by atoms with Gasteiger partial charge in [0.25, 0.3) is 0 Å². The van der Waals surface area contributed by atoms with Gasteiger partial charge in [0, 0.05) is 19.3 Å². The molecule has 1 aliphatic rings. The van der Waals surface area contributed by atoms with E-state index in [2.05, 4.69) is 81.5 Å². The number of aliphatic carboxylic acids is 1. The van der Waals surface area contributed by atoms with Crippen LogP contribution in [0.4, 0.5) is 0 Å². The van der Waals surface area contributed by atoms with Crippen molar-refractivity contribution in [3.05, 3.63) is 60.8 Å². The molecule has 1 heterocycles. The average molecular weight is 1090 g/mol. The van der Waals surface area contributed by atoms with Crippen LogP contribution in [0.1, 0.15) is 278 Å². The fourth-order valence-corrected chi connectivity index (χ4v) is 9.30. The number of esters is 3. The lowest BCUT2D eigenvalue weighted by Gasteiger charge is -2.40. The van der Waals surface area contributed by atoms with Gasteiger partial charge in [-0.25, -0.2) is 4.79 Å². The summed E-state index contributed by atoms with van der Waals surface area (Å²) in [4.78, 5) is 51.2. The smallest absolute Gasteiger partial charge is 0.335 e. The van der Waals surface area contributed by atoms with E-state index in [4.69, 9.17) is 23.7 Å². The Hall–Kier alpha value is -3.58. The Morgan fingerprint density at radius 3 is 1.29 bits per heavy atom. The summed E-state index contributed by atoms with van der Waals surface area (Å²) in [5, 5.41) is 31.5. The summed E-state index contributed by atoms with van der Waals surface area (Å²) in [5.41, 5.74) is 0. The van der Waals surface area contributed by atoms with Crippen molar-refractivity contribution >= 4 is 23.9 Å². The highest BCUT2D eigenvalue weighted by Gasteiger charge is 2.50. The molecule has 0 aromatic rings. The van der Waals surface area contributed by atoms with Gasteiger partial charge in [0.2, 0.25) is 0 Å². The molecular weight excluding hydrogens is 973 g/mol. The average Bonchev–Trinajstić information content (AvgIpc) is 3.43. The van der Waals surface area contributed by atoms with E-state index >= 15 is 0 Å². The van der Waals surface area contributed by atoms with Crippen LogP contribution in [0.25, 0.3) is 0 Å². The third-order valence-electron chi connectivity index (χ3n) is 14.1. The predicted molar refractivity (Wildman–Crippen MR) is 312 cm³/mol. The summed E-state index contributed by atoms with van der Waals surface area (Å²) in [6.07, 6.45) is 53.3. The molecule has 0 bridgehead atoms. The minimum atomic E-state index is -1.91. The topological polar surface area (TPSA) is 175 Å². The molecule has 0 radical (unpaired) electrons. The Bertz CT molecular complexity index is 1570. The van der Waals surface area contributed by atoms with Crippen molar-refractivity contribution < 1.29 is 58.2 Å². The second-order valence-electron chi connectivity index (χ2n) is 21.3. The molecule has 1 aliphatic heterocycles. The first-order chi connectivity index (χ1) is 37.6. The number of hydrogen-bond donors (Lipinski definition) is 3. The van der Waals surface area contributed by atoms with E-state index in [1.165, 1.54) is 128 Å². The number of hydrogen-bond acceptors (Lipinski definition) is 11. The van der Waals surface area contributed by atoms with Crippen molar-refractivity contribution in [3.8, 4) is 0 Å². The molecular formula is C65H112O12. The Labute approximate surface area is 468 Å². The van der Waals surface area contributed by atoms with Crippen molar-refractivity contribution in [1.82, 2.24) is 0 Å². The van der Waals surface area contributed by atoms with Crippen LogP contribution in [0.3, 0.4) is 0 Å². The maximum atomic E-state index is 13.1. The lowest BCUT2D eigenvalue weighted by Crippen LogP contribution is -2.61. The number of carboxylic acids is 1. The van der Waals surface area contributed by atoms with Crippen LogP contribution in [0, 0.1) is 0 Å². The van der Waals surface area contributed by atoms with Crippen LogP contribution in [0.5, 0.6) is 0 Å². The number of aliphatic hydroxyl groups excluding tert-OH is 2. The maximum Gasteiger partial charge on any atom is 0.335 e. The summed E-state index contributed by atoms with van der Waals surface area (Å²) < 4.78 is 28.4. The zero-order chi connectivity index (χ0) is 56.1. The number of ether oxygens (including phenoxy) is 5. The van der Waals surface area contributed by atoms with Crippen LogP contribution in [0.15, 0.2) is 60.8 Å². The molecule has 12 nitrogen and oxygen atoms in total. The number of carbonyl (C=O) groups excluding carboxylic acids is 3. The van der Waals surface area contributed by atoms with Gasteiger partial charge in [0.15, 0.2) is 24.6 Å². The Kier molecular flexibility index (Phi) is 49.2. The van der Waals surface area contributed by atoms with Crippen molar-refractivity contribution in [2.24, 2.45) is 0 Å². The van der Waals surface area contributed by atoms with Crippen molar-refractivity contribution in [2.45, 2.75) is 314 Å². The van der Waals surface area contributed by atoms with Crippen LogP contribution in [0.2, 0.25) is 0 Å². The zero-order valence-electron chi connectivity index (χ0n) is 49.0. The summed E-state index contributed by atoms with van der Waals surface area (Å²) >= 11 is 0. The molecule has 6 atom stereocenters. The first kappa shape index (κ1) is 71.4. The molecule has 0 spiro atoms. The van der Waals surface area contributed by atoms with E-state index in [1.807, 2.05) is 0 Å². The number of carbonyl (C=O) groups is 4.